The van der Waals surface area contributed by atoms with E-state index in [-0.39, 0.29) is 12.5 Å². The van der Waals surface area contributed by atoms with Crippen molar-refractivity contribution >= 4 is 12.0 Å². The van der Waals surface area contributed by atoms with E-state index in [1.54, 1.807) is 12.5 Å². The van der Waals surface area contributed by atoms with Gasteiger partial charge in [-0.1, -0.05) is 0 Å². The number of aromatic nitrogens is 2. The average molecular weight is 240 g/mol. The van der Waals surface area contributed by atoms with Crippen molar-refractivity contribution in [2.24, 2.45) is 0 Å². The van der Waals surface area contributed by atoms with Crippen LogP contribution in [0.1, 0.15) is 12.8 Å². The Morgan fingerprint density at radius 1 is 1.29 bits per heavy atom. The third-order valence-corrected chi connectivity index (χ3v) is 2.07. The molecule has 0 atom stereocenters. The second-order valence-corrected chi connectivity index (χ2v) is 3.48. The summed E-state index contributed by atoms with van der Waals surface area (Å²) in [5.41, 5.74) is 0. The molecule has 1 rings (SSSR count). The van der Waals surface area contributed by atoms with Gasteiger partial charge in [0, 0.05) is 38.4 Å². The van der Waals surface area contributed by atoms with Crippen molar-refractivity contribution in [2.45, 2.75) is 19.4 Å². The van der Waals surface area contributed by atoms with Crippen LogP contribution in [0.3, 0.4) is 0 Å². The number of amides is 2. The lowest BCUT2D eigenvalue weighted by molar-refractivity contribution is -0.137. The Bertz CT molecular complexity index is 350. The highest BCUT2D eigenvalue weighted by Gasteiger charge is 2.00. The molecule has 3 N–H and O–H groups in total. The van der Waals surface area contributed by atoms with Gasteiger partial charge in [-0.3, -0.25) is 4.79 Å². The molecule has 0 spiro atoms. The second kappa shape index (κ2) is 7.26. The van der Waals surface area contributed by atoms with Crippen LogP contribution < -0.4 is 10.6 Å². The molecule has 7 nitrogen and oxygen atoms in total. The Morgan fingerprint density at radius 3 is 2.71 bits per heavy atom. The van der Waals surface area contributed by atoms with Crippen LogP contribution >= 0.6 is 0 Å². The molecule has 2 amide bonds. The predicted octanol–water partition coefficient (Wildman–Crippen LogP) is 0.0471. The molecule has 1 aromatic heterocycles. The van der Waals surface area contributed by atoms with Crippen LogP contribution in [0.4, 0.5) is 4.79 Å². The lowest BCUT2D eigenvalue weighted by atomic mass is 10.3. The molecular weight excluding hydrogens is 224 g/mol. The number of aliphatic carboxylic acids is 1. The SMILES string of the molecule is O=C(O)CCCNC(=O)NCCn1ccnc1. The molecule has 0 bridgehead atoms. The topological polar surface area (TPSA) is 96.3 Å². The Balaban J connectivity index is 1.99. The van der Waals surface area contributed by atoms with E-state index in [0.29, 0.717) is 26.1 Å². The average Bonchev–Trinajstić information content (AvgIpc) is 2.77. The van der Waals surface area contributed by atoms with Gasteiger partial charge in [0.25, 0.3) is 0 Å². The van der Waals surface area contributed by atoms with E-state index in [1.807, 2.05) is 10.8 Å². The van der Waals surface area contributed by atoms with Crippen LogP contribution in [-0.2, 0) is 11.3 Å². The fourth-order valence-electron chi connectivity index (χ4n) is 1.22. The minimum Gasteiger partial charge on any atom is -0.481 e. The number of nitrogens with one attached hydrogen (secondary N) is 2. The molecule has 94 valence electrons. The van der Waals surface area contributed by atoms with Gasteiger partial charge in [-0.05, 0) is 6.42 Å². The number of hydrogen-bond acceptors (Lipinski definition) is 3. The van der Waals surface area contributed by atoms with E-state index in [0.717, 1.165) is 0 Å². The fourth-order valence-corrected chi connectivity index (χ4v) is 1.22. The number of urea groups is 1. The minimum atomic E-state index is -0.854. The molecule has 0 saturated carbocycles. The van der Waals surface area contributed by atoms with Gasteiger partial charge in [-0.25, -0.2) is 9.78 Å². The highest BCUT2D eigenvalue weighted by atomic mass is 16.4. The third kappa shape index (κ3) is 6.18. The number of carbonyl (C=O) groups is 2. The maximum absolute atomic E-state index is 11.2. The monoisotopic (exact) mass is 240 g/mol. The van der Waals surface area contributed by atoms with E-state index in [1.165, 1.54) is 0 Å². The maximum atomic E-state index is 11.2. The van der Waals surface area contributed by atoms with Crippen LogP contribution in [0, 0.1) is 0 Å². The van der Waals surface area contributed by atoms with Crippen molar-refractivity contribution in [1.29, 1.82) is 0 Å². The summed E-state index contributed by atoms with van der Waals surface area (Å²) in [4.78, 5) is 25.3. The summed E-state index contributed by atoms with van der Waals surface area (Å²) in [6.45, 7) is 1.52. The molecule has 0 aliphatic carbocycles. The molecule has 0 saturated heterocycles. The van der Waals surface area contributed by atoms with Gasteiger partial charge in [-0.15, -0.1) is 0 Å². The van der Waals surface area contributed by atoms with E-state index in [9.17, 15) is 9.59 Å². The quantitative estimate of drug-likeness (QED) is 0.586. The molecular formula is C10H16N4O3. The molecule has 17 heavy (non-hydrogen) atoms. The normalized spacial score (nSPS) is 9.88. The first-order valence-corrected chi connectivity index (χ1v) is 5.37. The van der Waals surface area contributed by atoms with Crippen LogP contribution in [0.15, 0.2) is 18.7 Å². The molecule has 7 heteroatoms. The smallest absolute Gasteiger partial charge is 0.314 e. The summed E-state index contributed by atoms with van der Waals surface area (Å²) in [5, 5.41) is 13.6. The van der Waals surface area contributed by atoms with Gasteiger partial charge in [0.15, 0.2) is 0 Å². The summed E-state index contributed by atoms with van der Waals surface area (Å²) in [5.74, 6) is -0.854. The molecule has 0 aliphatic heterocycles. The minimum absolute atomic E-state index is 0.0648. The molecule has 1 aromatic rings. The molecule has 1 heterocycles. The number of carbonyl (C=O) groups excluding carboxylic acids is 1. The van der Waals surface area contributed by atoms with Crippen LogP contribution in [0.5, 0.6) is 0 Å². The summed E-state index contributed by atoms with van der Waals surface area (Å²) < 4.78 is 1.85. The lowest BCUT2D eigenvalue weighted by Gasteiger charge is -2.07. The van der Waals surface area contributed by atoms with Crippen LogP contribution in [-0.4, -0.2) is 39.7 Å². The predicted molar refractivity (Wildman–Crippen MR) is 60.5 cm³/mol. The van der Waals surface area contributed by atoms with E-state index in [4.69, 9.17) is 5.11 Å². The molecule has 0 radical (unpaired) electrons. The van der Waals surface area contributed by atoms with E-state index < -0.39 is 5.97 Å². The Morgan fingerprint density at radius 2 is 2.06 bits per heavy atom. The van der Waals surface area contributed by atoms with Crippen molar-refractivity contribution in [3.8, 4) is 0 Å². The van der Waals surface area contributed by atoms with Crippen LogP contribution in [0.25, 0.3) is 0 Å². The van der Waals surface area contributed by atoms with Crippen molar-refractivity contribution in [1.82, 2.24) is 20.2 Å². The van der Waals surface area contributed by atoms with Crippen molar-refractivity contribution in [2.75, 3.05) is 13.1 Å². The zero-order chi connectivity index (χ0) is 12.5. The first-order valence-electron chi connectivity index (χ1n) is 5.37. The Labute approximate surface area is 98.8 Å². The first-order chi connectivity index (χ1) is 8.18. The fraction of sp³-hybridized carbons (Fsp3) is 0.500. The second-order valence-electron chi connectivity index (χ2n) is 3.48. The molecule has 0 unspecified atom stereocenters. The van der Waals surface area contributed by atoms with Crippen LogP contribution in [0.2, 0.25) is 0 Å². The molecule has 0 aliphatic rings. The van der Waals surface area contributed by atoms with Gasteiger partial charge in [0.2, 0.25) is 0 Å². The molecule has 0 fully saturated rings. The largest absolute Gasteiger partial charge is 0.481 e. The number of rotatable bonds is 7. The summed E-state index contributed by atoms with van der Waals surface area (Å²) in [6, 6.07) is -0.282. The third-order valence-electron chi connectivity index (χ3n) is 2.07. The number of hydrogen-bond donors (Lipinski definition) is 3. The number of carboxylic acids is 1. The first kappa shape index (κ1) is 13.0. The van der Waals surface area contributed by atoms with Crippen molar-refractivity contribution in [3.05, 3.63) is 18.7 Å². The summed E-state index contributed by atoms with van der Waals surface area (Å²) in [6.07, 6.45) is 5.66. The van der Waals surface area contributed by atoms with E-state index in [2.05, 4.69) is 15.6 Å². The van der Waals surface area contributed by atoms with Gasteiger partial charge >= 0.3 is 12.0 Å². The highest BCUT2D eigenvalue weighted by Crippen LogP contribution is 1.86. The van der Waals surface area contributed by atoms with Gasteiger partial charge in [0.1, 0.15) is 0 Å². The summed E-state index contributed by atoms with van der Waals surface area (Å²) >= 11 is 0. The Kier molecular flexibility index (Phi) is 5.56. The highest BCUT2D eigenvalue weighted by molar-refractivity contribution is 5.73. The number of nitrogens with zero attached hydrogens (tertiary/aromatic N) is 2. The van der Waals surface area contributed by atoms with Crippen molar-refractivity contribution in [3.63, 3.8) is 0 Å². The number of imidazole rings is 1. The molecule has 0 aromatic carbocycles. The van der Waals surface area contributed by atoms with E-state index >= 15 is 0 Å². The number of carboxylic acid groups (broad SMARTS) is 1. The summed E-state index contributed by atoms with van der Waals surface area (Å²) in [7, 11) is 0. The van der Waals surface area contributed by atoms with Gasteiger partial charge < -0.3 is 20.3 Å². The maximum Gasteiger partial charge on any atom is 0.314 e. The zero-order valence-corrected chi connectivity index (χ0v) is 9.43. The van der Waals surface area contributed by atoms with Gasteiger partial charge in [0.05, 0.1) is 6.33 Å². The van der Waals surface area contributed by atoms with Gasteiger partial charge in [-0.2, -0.15) is 0 Å². The Hall–Kier alpha value is -2.05. The van der Waals surface area contributed by atoms with Crippen molar-refractivity contribution < 1.29 is 14.7 Å². The standard InChI is InChI=1S/C10H16N4O3/c15-9(16)2-1-3-12-10(17)13-5-7-14-6-4-11-8-14/h4,6,8H,1-3,5,7H2,(H,15,16)(H2,12,13,17). The zero-order valence-electron chi connectivity index (χ0n) is 9.43. The lowest BCUT2D eigenvalue weighted by Crippen LogP contribution is -2.37.